The zero-order chi connectivity index (χ0) is 15.5. The van der Waals surface area contributed by atoms with Crippen molar-refractivity contribution in [3.8, 4) is 0 Å². The molecular formula is C15H20F3NOS. The summed E-state index contributed by atoms with van der Waals surface area (Å²) in [5, 5.41) is 3.21. The van der Waals surface area contributed by atoms with E-state index in [1.807, 2.05) is 6.92 Å². The van der Waals surface area contributed by atoms with Gasteiger partial charge >= 0.3 is 6.18 Å². The van der Waals surface area contributed by atoms with Crippen molar-refractivity contribution in [1.29, 1.82) is 0 Å². The Kier molecular flexibility index (Phi) is 5.43. The summed E-state index contributed by atoms with van der Waals surface area (Å²) in [4.78, 5) is 0.277. The Bertz CT molecular complexity index is 502. The summed E-state index contributed by atoms with van der Waals surface area (Å²) in [7, 11) is -1.41. The van der Waals surface area contributed by atoms with Crippen molar-refractivity contribution < 1.29 is 17.4 Å². The molecule has 1 aromatic rings. The summed E-state index contributed by atoms with van der Waals surface area (Å²) in [6.45, 7) is 2.76. The molecule has 1 N–H and O–H groups in total. The predicted molar refractivity (Wildman–Crippen MR) is 77.6 cm³/mol. The Hall–Kier alpha value is -0.880. The van der Waals surface area contributed by atoms with Crippen LogP contribution >= 0.6 is 0 Å². The molecule has 0 spiro atoms. The van der Waals surface area contributed by atoms with Gasteiger partial charge in [-0.05, 0) is 37.6 Å². The fourth-order valence-corrected chi connectivity index (χ4v) is 4.54. The van der Waals surface area contributed by atoms with Crippen molar-refractivity contribution in [2.75, 3.05) is 6.54 Å². The molecule has 21 heavy (non-hydrogen) atoms. The van der Waals surface area contributed by atoms with E-state index in [0.29, 0.717) is 0 Å². The Labute approximate surface area is 125 Å². The first-order valence-corrected chi connectivity index (χ1v) is 8.46. The van der Waals surface area contributed by atoms with Crippen LogP contribution in [0.5, 0.6) is 0 Å². The van der Waals surface area contributed by atoms with Gasteiger partial charge in [0, 0.05) is 10.9 Å². The van der Waals surface area contributed by atoms with Crippen LogP contribution in [-0.2, 0) is 17.0 Å². The first-order chi connectivity index (χ1) is 9.93. The number of nitrogens with one attached hydrogen (secondary N) is 1. The number of rotatable bonds is 4. The molecular weight excluding hydrogens is 299 g/mol. The number of hydrogen-bond donors (Lipinski definition) is 1. The predicted octanol–water partition coefficient (Wildman–Crippen LogP) is 3.73. The lowest BCUT2D eigenvalue weighted by molar-refractivity contribution is -0.137. The van der Waals surface area contributed by atoms with Gasteiger partial charge in [-0.1, -0.05) is 25.8 Å². The topological polar surface area (TPSA) is 29.1 Å². The maximum atomic E-state index is 12.8. The standard InChI is InChI=1S/C15H20F3NOS/c1-2-19-13-8-3-4-9-14(13)21(20)12-7-5-6-11(10-12)15(16,17)18/h5-7,10,13-14,19H,2-4,8-9H2,1H3. The van der Waals surface area contributed by atoms with Gasteiger partial charge in [0.25, 0.3) is 0 Å². The molecule has 2 nitrogen and oxygen atoms in total. The molecule has 0 saturated heterocycles. The van der Waals surface area contributed by atoms with Gasteiger partial charge in [0.05, 0.1) is 21.6 Å². The lowest BCUT2D eigenvalue weighted by Crippen LogP contribution is -2.44. The first kappa shape index (κ1) is 16.5. The minimum absolute atomic E-state index is 0.109. The van der Waals surface area contributed by atoms with E-state index in [1.165, 1.54) is 12.1 Å². The second kappa shape index (κ2) is 6.92. The summed E-state index contributed by atoms with van der Waals surface area (Å²) in [5.74, 6) is 0. The smallest absolute Gasteiger partial charge is 0.313 e. The second-order valence-corrected chi connectivity index (χ2v) is 6.98. The first-order valence-electron chi connectivity index (χ1n) is 7.24. The molecule has 0 heterocycles. The molecule has 1 saturated carbocycles. The molecule has 3 atom stereocenters. The largest absolute Gasteiger partial charge is 0.416 e. The average molecular weight is 319 g/mol. The summed E-state index contributed by atoms with van der Waals surface area (Å²) < 4.78 is 50.9. The number of halogens is 3. The van der Waals surface area contributed by atoms with Crippen LogP contribution in [0.3, 0.4) is 0 Å². The van der Waals surface area contributed by atoms with Gasteiger partial charge < -0.3 is 5.32 Å². The fraction of sp³-hybridized carbons (Fsp3) is 0.600. The molecule has 1 fully saturated rings. The average Bonchev–Trinajstić information content (AvgIpc) is 2.47. The summed E-state index contributed by atoms with van der Waals surface area (Å²) in [6, 6.07) is 5.03. The normalized spacial score (nSPS) is 24.8. The molecule has 0 bridgehead atoms. The number of hydrogen-bond acceptors (Lipinski definition) is 2. The highest BCUT2D eigenvalue weighted by Crippen LogP contribution is 2.32. The molecule has 6 heteroatoms. The maximum absolute atomic E-state index is 12.8. The van der Waals surface area contributed by atoms with E-state index in [-0.39, 0.29) is 16.2 Å². The fourth-order valence-electron chi connectivity index (χ4n) is 2.82. The van der Waals surface area contributed by atoms with Crippen molar-refractivity contribution in [1.82, 2.24) is 5.32 Å². The third-order valence-corrected chi connectivity index (χ3v) is 5.67. The van der Waals surface area contributed by atoms with E-state index < -0.39 is 22.5 Å². The van der Waals surface area contributed by atoms with E-state index in [1.54, 1.807) is 0 Å². The monoisotopic (exact) mass is 319 g/mol. The number of alkyl halides is 3. The van der Waals surface area contributed by atoms with Crippen LogP contribution in [0.2, 0.25) is 0 Å². The quantitative estimate of drug-likeness (QED) is 0.916. The summed E-state index contributed by atoms with van der Waals surface area (Å²) in [6.07, 6.45) is -0.608. The van der Waals surface area contributed by atoms with Crippen LogP contribution in [0, 0.1) is 0 Å². The van der Waals surface area contributed by atoms with Gasteiger partial charge in [-0.2, -0.15) is 13.2 Å². The molecule has 1 aliphatic rings. The summed E-state index contributed by atoms with van der Waals surface area (Å²) >= 11 is 0. The number of benzene rings is 1. The third-order valence-electron chi connectivity index (χ3n) is 3.84. The van der Waals surface area contributed by atoms with Gasteiger partial charge in [0.15, 0.2) is 0 Å². The van der Waals surface area contributed by atoms with E-state index in [2.05, 4.69) is 5.32 Å². The minimum atomic E-state index is -4.39. The highest BCUT2D eigenvalue weighted by Gasteiger charge is 2.33. The van der Waals surface area contributed by atoms with Crippen LogP contribution in [-0.4, -0.2) is 22.0 Å². The van der Waals surface area contributed by atoms with Gasteiger partial charge in [-0.3, -0.25) is 4.21 Å². The zero-order valence-electron chi connectivity index (χ0n) is 12.0. The molecule has 0 amide bonds. The van der Waals surface area contributed by atoms with E-state index in [4.69, 9.17) is 0 Å². The Morgan fingerprint density at radius 2 is 2.00 bits per heavy atom. The summed E-state index contributed by atoms with van der Waals surface area (Å²) in [5.41, 5.74) is -0.732. The van der Waals surface area contributed by atoms with Crippen LogP contribution in [0.4, 0.5) is 13.2 Å². The molecule has 0 radical (unpaired) electrons. The zero-order valence-corrected chi connectivity index (χ0v) is 12.8. The third kappa shape index (κ3) is 4.07. The van der Waals surface area contributed by atoms with Crippen molar-refractivity contribution >= 4 is 10.8 Å². The van der Waals surface area contributed by atoms with Crippen molar-refractivity contribution in [2.24, 2.45) is 0 Å². The Balaban J connectivity index is 2.22. The van der Waals surface area contributed by atoms with E-state index in [0.717, 1.165) is 44.4 Å². The highest BCUT2D eigenvalue weighted by atomic mass is 32.2. The molecule has 118 valence electrons. The van der Waals surface area contributed by atoms with Crippen LogP contribution < -0.4 is 5.32 Å². The van der Waals surface area contributed by atoms with Crippen molar-refractivity contribution in [3.05, 3.63) is 29.8 Å². The Morgan fingerprint density at radius 3 is 2.67 bits per heavy atom. The Morgan fingerprint density at radius 1 is 1.29 bits per heavy atom. The van der Waals surface area contributed by atoms with Crippen LogP contribution in [0.15, 0.2) is 29.2 Å². The van der Waals surface area contributed by atoms with Gasteiger partial charge in [-0.15, -0.1) is 0 Å². The molecule has 2 rings (SSSR count). The molecule has 3 unspecified atom stereocenters. The van der Waals surface area contributed by atoms with Gasteiger partial charge in [0.1, 0.15) is 0 Å². The lowest BCUT2D eigenvalue weighted by atomic mass is 9.95. The lowest BCUT2D eigenvalue weighted by Gasteiger charge is -2.31. The second-order valence-electron chi connectivity index (χ2n) is 5.31. The molecule has 1 aromatic carbocycles. The van der Waals surface area contributed by atoms with Crippen molar-refractivity contribution in [3.63, 3.8) is 0 Å². The van der Waals surface area contributed by atoms with Gasteiger partial charge in [-0.25, -0.2) is 0 Å². The van der Waals surface area contributed by atoms with E-state index >= 15 is 0 Å². The highest BCUT2D eigenvalue weighted by molar-refractivity contribution is 7.85. The molecule has 1 aliphatic carbocycles. The maximum Gasteiger partial charge on any atom is 0.416 e. The van der Waals surface area contributed by atoms with E-state index in [9.17, 15) is 17.4 Å². The molecule has 0 aliphatic heterocycles. The van der Waals surface area contributed by atoms with Crippen LogP contribution in [0.1, 0.15) is 38.2 Å². The molecule has 0 aromatic heterocycles. The van der Waals surface area contributed by atoms with Crippen molar-refractivity contribution in [2.45, 2.75) is 55.0 Å². The minimum Gasteiger partial charge on any atom is -0.313 e. The SMILES string of the molecule is CCNC1CCCCC1S(=O)c1cccc(C(F)(F)F)c1. The van der Waals surface area contributed by atoms with Crippen LogP contribution in [0.25, 0.3) is 0 Å². The van der Waals surface area contributed by atoms with Gasteiger partial charge in [0.2, 0.25) is 0 Å².